The largest absolute Gasteiger partial charge is 0.383 e. The van der Waals surface area contributed by atoms with Crippen LogP contribution in [0.2, 0.25) is 5.28 Å². The fraction of sp³-hybridized carbons (Fsp3) is 0.667. The number of nitrogens with zero attached hydrogens (tertiary/aromatic N) is 3. The van der Waals surface area contributed by atoms with Crippen LogP contribution in [-0.4, -0.2) is 26.7 Å². The van der Waals surface area contributed by atoms with Gasteiger partial charge in [-0.15, -0.1) is 0 Å². The van der Waals surface area contributed by atoms with E-state index in [4.69, 9.17) is 16.3 Å². The minimum Gasteiger partial charge on any atom is -0.367 e. The highest BCUT2D eigenvalue weighted by molar-refractivity contribution is 6.28. The highest BCUT2D eigenvalue weighted by Crippen LogP contribution is 2.44. The average molecular weight is 246 g/mol. The summed E-state index contributed by atoms with van der Waals surface area (Å²) in [4.78, 5) is 13.7. The smallest absolute Gasteiger partial charge is 0.367 e. The normalized spacial score (nSPS) is 24.5. The van der Waals surface area contributed by atoms with Gasteiger partial charge in [-0.05, 0) is 42.3 Å². The molecule has 0 aliphatic carbocycles. The summed E-state index contributed by atoms with van der Waals surface area (Å²) < 4.78 is 6.95. The Kier molecular flexibility index (Phi) is 2.25. The van der Waals surface area contributed by atoms with Gasteiger partial charge >= 0.3 is 11.1 Å². The van der Waals surface area contributed by atoms with E-state index < -0.39 is 10.5 Å². The van der Waals surface area contributed by atoms with E-state index in [0.29, 0.717) is 6.61 Å². The highest BCUT2D eigenvalue weighted by Gasteiger charge is 2.55. The van der Waals surface area contributed by atoms with Gasteiger partial charge in [0.2, 0.25) is 0 Å². The lowest BCUT2D eigenvalue weighted by atomic mass is 9.89. The molecule has 0 bridgehead atoms. The number of ether oxygens (including phenoxy) is 1. The van der Waals surface area contributed by atoms with Gasteiger partial charge in [0, 0.05) is 0 Å². The van der Waals surface area contributed by atoms with Crippen molar-refractivity contribution in [1.29, 1.82) is 0 Å². The topological polar surface area (TPSA) is 73.5 Å². The molecule has 1 aliphatic heterocycles. The van der Waals surface area contributed by atoms with Gasteiger partial charge in [-0.1, -0.05) is 0 Å². The molecular formula is C9H12ClN3O3. The minimum absolute atomic E-state index is 0.105. The van der Waals surface area contributed by atoms with Gasteiger partial charge in [-0.3, -0.25) is 4.57 Å². The summed E-state index contributed by atoms with van der Waals surface area (Å²) in [5, 5.41) is 10.7. The number of nitro groups is 1. The quantitative estimate of drug-likeness (QED) is 0.464. The minimum atomic E-state index is -0.561. The SMILES string of the molecule is CC(C)(n1cc([N+](=O)[O-])nc1Cl)[C@]1(C)CO1. The molecule has 0 saturated carbocycles. The fourth-order valence-corrected chi connectivity index (χ4v) is 1.89. The summed E-state index contributed by atoms with van der Waals surface area (Å²) in [6.45, 7) is 6.38. The molecular weight excluding hydrogens is 234 g/mol. The summed E-state index contributed by atoms with van der Waals surface area (Å²) in [6.07, 6.45) is 1.34. The summed E-state index contributed by atoms with van der Waals surface area (Å²) in [7, 11) is 0. The van der Waals surface area contributed by atoms with Crippen molar-refractivity contribution >= 4 is 17.4 Å². The summed E-state index contributed by atoms with van der Waals surface area (Å²) in [6, 6.07) is 0. The van der Waals surface area contributed by atoms with Gasteiger partial charge in [0.1, 0.15) is 11.8 Å². The van der Waals surface area contributed by atoms with Crippen molar-refractivity contribution in [2.75, 3.05) is 6.61 Å². The molecule has 88 valence electrons. The first-order valence-corrected chi connectivity index (χ1v) is 5.19. The lowest BCUT2D eigenvalue weighted by Crippen LogP contribution is -2.40. The Hall–Kier alpha value is -1.14. The van der Waals surface area contributed by atoms with Crippen LogP contribution >= 0.6 is 11.6 Å². The molecule has 0 N–H and O–H groups in total. The summed E-state index contributed by atoms with van der Waals surface area (Å²) >= 11 is 5.90. The maximum Gasteiger partial charge on any atom is 0.383 e. The maximum atomic E-state index is 10.6. The van der Waals surface area contributed by atoms with Crippen LogP contribution in [0.15, 0.2) is 6.20 Å². The molecule has 1 aromatic rings. The van der Waals surface area contributed by atoms with E-state index in [1.807, 2.05) is 20.8 Å². The molecule has 1 aliphatic rings. The highest BCUT2D eigenvalue weighted by atomic mass is 35.5. The fourth-order valence-electron chi connectivity index (χ4n) is 1.54. The Morgan fingerprint density at radius 1 is 1.75 bits per heavy atom. The molecule has 0 unspecified atom stereocenters. The predicted molar refractivity (Wildman–Crippen MR) is 57.6 cm³/mol. The zero-order chi connectivity index (χ0) is 12.1. The first-order chi connectivity index (χ1) is 7.28. The molecule has 0 amide bonds. The third-order valence-corrected chi connectivity index (χ3v) is 3.58. The summed E-state index contributed by atoms with van der Waals surface area (Å²) in [5.41, 5.74) is -0.809. The second-order valence-corrected chi connectivity index (χ2v) is 4.91. The molecule has 7 heteroatoms. The Bertz CT molecular complexity index is 451. The van der Waals surface area contributed by atoms with Crippen LogP contribution < -0.4 is 0 Å². The number of rotatable bonds is 3. The molecule has 16 heavy (non-hydrogen) atoms. The molecule has 1 aromatic heterocycles. The van der Waals surface area contributed by atoms with E-state index >= 15 is 0 Å². The molecule has 6 nitrogen and oxygen atoms in total. The molecule has 0 spiro atoms. The lowest BCUT2D eigenvalue weighted by molar-refractivity contribution is -0.389. The van der Waals surface area contributed by atoms with Crippen molar-refractivity contribution in [2.24, 2.45) is 0 Å². The van der Waals surface area contributed by atoms with E-state index in [9.17, 15) is 10.1 Å². The molecule has 2 rings (SSSR count). The van der Waals surface area contributed by atoms with Crippen LogP contribution in [0.4, 0.5) is 5.82 Å². The van der Waals surface area contributed by atoms with Crippen LogP contribution in [0, 0.1) is 10.1 Å². The van der Waals surface area contributed by atoms with E-state index in [-0.39, 0.29) is 16.7 Å². The lowest BCUT2D eigenvalue weighted by Gasteiger charge is -2.30. The third kappa shape index (κ3) is 1.49. The molecule has 1 saturated heterocycles. The van der Waals surface area contributed by atoms with Crippen LogP contribution in [0.3, 0.4) is 0 Å². The number of imidazole rings is 1. The van der Waals surface area contributed by atoms with Crippen molar-refractivity contribution in [3.63, 3.8) is 0 Å². The number of aromatic nitrogens is 2. The average Bonchev–Trinajstić information content (AvgIpc) is 2.78. The zero-order valence-electron chi connectivity index (χ0n) is 9.23. The number of halogens is 1. The van der Waals surface area contributed by atoms with Gasteiger partial charge in [-0.2, -0.15) is 0 Å². The van der Waals surface area contributed by atoms with Gasteiger partial charge in [-0.25, -0.2) is 0 Å². The maximum absolute atomic E-state index is 10.6. The predicted octanol–water partition coefficient (Wildman–Crippen LogP) is 1.97. The first-order valence-electron chi connectivity index (χ1n) is 4.82. The standard InChI is InChI=1S/C9H12ClN3O3/c1-8(2,9(3)5-16-9)12-4-6(13(14)15)11-7(12)10/h4H,5H2,1-3H3/t9-/m0/s1. The van der Waals surface area contributed by atoms with Crippen LogP contribution in [0.5, 0.6) is 0 Å². The van der Waals surface area contributed by atoms with E-state index in [1.165, 1.54) is 6.20 Å². The Balaban J connectivity index is 2.44. The second kappa shape index (κ2) is 3.18. The third-order valence-electron chi connectivity index (χ3n) is 3.31. The molecule has 1 fully saturated rings. The molecule has 0 aromatic carbocycles. The van der Waals surface area contributed by atoms with Crippen molar-refractivity contribution in [3.8, 4) is 0 Å². The summed E-state index contributed by atoms with van der Waals surface area (Å²) in [5.74, 6) is -0.248. The number of epoxide rings is 1. The van der Waals surface area contributed by atoms with Gasteiger partial charge in [0.15, 0.2) is 0 Å². The van der Waals surface area contributed by atoms with Crippen LogP contribution in [-0.2, 0) is 10.3 Å². The Morgan fingerprint density at radius 2 is 2.31 bits per heavy atom. The van der Waals surface area contributed by atoms with Crippen LogP contribution in [0.1, 0.15) is 20.8 Å². The number of hydrogen-bond acceptors (Lipinski definition) is 4. The second-order valence-electron chi connectivity index (χ2n) is 4.57. The van der Waals surface area contributed by atoms with Gasteiger partial charge < -0.3 is 14.9 Å². The van der Waals surface area contributed by atoms with Crippen LogP contribution in [0.25, 0.3) is 0 Å². The first kappa shape index (κ1) is 11.3. The monoisotopic (exact) mass is 245 g/mol. The van der Waals surface area contributed by atoms with E-state index in [0.717, 1.165) is 0 Å². The van der Waals surface area contributed by atoms with E-state index in [1.54, 1.807) is 4.57 Å². The zero-order valence-corrected chi connectivity index (χ0v) is 9.98. The van der Waals surface area contributed by atoms with Crippen molar-refractivity contribution in [1.82, 2.24) is 9.55 Å². The Labute approximate surface area is 97.3 Å². The molecule has 1 atom stereocenters. The number of hydrogen-bond donors (Lipinski definition) is 0. The van der Waals surface area contributed by atoms with Crippen molar-refractivity contribution in [3.05, 3.63) is 21.6 Å². The van der Waals surface area contributed by atoms with E-state index in [2.05, 4.69) is 4.98 Å². The molecule has 0 radical (unpaired) electrons. The van der Waals surface area contributed by atoms with Gasteiger partial charge in [0.05, 0.1) is 12.1 Å². The van der Waals surface area contributed by atoms with Crippen molar-refractivity contribution in [2.45, 2.75) is 31.9 Å². The Morgan fingerprint density at radius 3 is 2.69 bits per heavy atom. The van der Waals surface area contributed by atoms with Gasteiger partial charge in [0.25, 0.3) is 0 Å². The molecule has 2 heterocycles. The van der Waals surface area contributed by atoms with Crippen molar-refractivity contribution < 1.29 is 9.66 Å².